The van der Waals surface area contributed by atoms with Crippen LogP contribution in [0.25, 0.3) is 10.9 Å². The molecule has 0 amide bonds. The summed E-state index contributed by atoms with van der Waals surface area (Å²) in [6.45, 7) is 4.57. The van der Waals surface area contributed by atoms with Crippen LogP contribution in [-0.2, 0) is 13.0 Å². The number of benzene rings is 1. The summed E-state index contributed by atoms with van der Waals surface area (Å²) >= 11 is 0. The van der Waals surface area contributed by atoms with Gasteiger partial charge in [0.25, 0.3) is 0 Å². The highest BCUT2D eigenvalue weighted by molar-refractivity contribution is 6.04. The number of rotatable bonds is 3. The zero-order valence-electron chi connectivity index (χ0n) is 12.2. The van der Waals surface area contributed by atoms with E-state index in [2.05, 4.69) is 16.8 Å². The molecule has 1 aromatic carbocycles. The van der Waals surface area contributed by atoms with Crippen LogP contribution >= 0.6 is 0 Å². The molecule has 110 valence electrons. The summed E-state index contributed by atoms with van der Waals surface area (Å²) in [6.07, 6.45) is 0.797. The van der Waals surface area contributed by atoms with Gasteiger partial charge in [0.05, 0.1) is 18.2 Å². The fourth-order valence-corrected chi connectivity index (χ4v) is 2.92. The third kappa shape index (κ3) is 2.34. The maximum atomic E-state index is 11.8. The number of carboxylic acids is 1. The van der Waals surface area contributed by atoms with Crippen LogP contribution in [0, 0.1) is 0 Å². The van der Waals surface area contributed by atoms with E-state index in [1.807, 2.05) is 12.1 Å². The van der Waals surface area contributed by atoms with E-state index in [4.69, 9.17) is 4.74 Å². The number of hydrogen-bond acceptors (Lipinski definition) is 4. The number of fused-ring (bicyclic) bond motifs is 2. The Balaban J connectivity index is 2.28. The highest BCUT2D eigenvalue weighted by atomic mass is 16.5. The lowest BCUT2D eigenvalue weighted by Gasteiger charge is -2.28. The molecule has 2 heterocycles. The minimum Gasteiger partial charge on any atom is -0.497 e. The Morgan fingerprint density at radius 1 is 1.48 bits per heavy atom. The summed E-state index contributed by atoms with van der Waals surface area (Å²) in [4.78, 5) is 18.7. The molecule has 2 aromatic rings. The molecule has 0 aliphatic carbocycles. The Labute approximate surface area is 123 Å². The van der Waals surface area contributed by atoms with Gasteiger partial charge in [0.2, 0.25) is 0 Å². The van der Waals surface area contributed by atoms with Gasteiger partial charge >= 0.3 is 5.97 Å². The van der Waals surface area contributed by atoms with Gasteiger partial charge in [-0.15, -0.1) is 0 Å². The smallest absolute Gasteiger partial charge is 0.336 e. The van der Waals surface area contributed by atoms with Crippen LogP contribution in [-0.4, -0.2) is 41.2 Å². The van der Waals surface area contributed by atoms with E-state index in [1.165, 1.54) is 0 Å². The minimum atomic E-state index is -0.898. The number of hydrogen-bond donors (Lipinski definition) is 1. The van der Waals surface area contributed by atoms with E-state index in [9.17, 15) is 9.90 Å². The number of carboxylic acid groups (broad SMARTS) is 1. The standard InChI is InChI=1S/C16H18N2O3/c1-3-18-7-6-14-12(9-18)15(16(19)20)11-8-10(21-2)4-5-13(11)17-14/h4-5,8H,3,6-7,9H2,1-2H3,(H,19,20). The lowest BCUT2D eigenvalue weighted by Crippen LogP contribution is -2.32. The van der Waals surface area contributed by atoms with E-state index in [1.54, 1.807) is 13.2 Å². The van der Waals surface area contributed by atoms with Gasteiger partial charge in [-0.1, -0.05) is 6.92 Å². The normalized spacial score (nSPS) is 15.0. The Morgan fingerprint density at radius 2 is 2.29 bits per heavy atom. The molecule has 1 aromatic heterocycles. The summed E-state index contributed by atoms with van der Waals surface area (Å²) in [5.74, 6) is -0.250. The van der Waals surface area contributed by atoms with Gasteiger partial charge in [0.1, 0.15) is 5.75 Å². The second-order valence-corrected chi connectivity index (χ2v) is 5.22. The Kier molecular flexibility index (Phi) is 3.51. The molecule has 0 fully saturated rings. The van der Waals surface area contributed by atoms with Crippen molar-refractivity contribution in [2.45, 2.75) is 19.9 Å². The van der Waals surface area contributed by atoms with Crippen molar-refractivity contribution in [1.29, 1.82) is 0 Å². The Bertz CT molecular complexity index is 712. The summed E-state index contributed by atoms with van der Waals surface area (Å²) in [6, 6.07) is 5.40. The van der Waals surface area contributed by atoms with Crippen LogP contribution in [0.2, 0.25) is 0 Å². The predicted octanol–water partition coefficient (Wildman–Crippen LogP) is 2.32. The van der Waals surface area contributed by atoms with E-state index in [0.717, 1.165) is 36.3 Å². The maximum absolute atomic E-state index is 11.8. The first-order valence-electron chi connectivity index (χ1n) is 7.09. The van der Waals surface area contributed by atoms with Gasteiger partial charge in [-0.05, 0) is 24.7 Å². The van der Waals surface area contributed by atoms with E-state index in [0.29, 0.717) is 23.2 Å². The molecule has 0 spiro atoms. The molecule has 0 bridgehead atoms. The fourth-order valence-electron chi connectivity index (χ4n) is 2.92. The second kappa shape index (κ2) is 5.33. The van der Waals surface area contributed by atoms with Gasteiger partial charge in [0.15, 0.2) is 0 Å². The van der Waals surface area contributed by atoms with Crippen LogP contribution in [0.5, 0.6) is 5.75 Å². The van der Waals surface area contributed by atoms with Crippen LogP contribution in [0.3, 0.4) is 0 Å². The van der Waals surface area contributed by atoms with Crippen molar-refractivity contribution >= 4 is 16.9 Å². The number of pyridine rings is 1. The zero-order valence-corrected chi connectivity index (χ0v) is 12.2. The first-order valence-corrected chi connectivity index (χ1v) is 7.09. The molecule has 5 nitrogen and oxygen atoms in total. The van der Waals surface area contributed by atoms with Crippen molar-refractivity contribution in [3.05, 3.63) is 35.0 Å². The molecular formula is C16H18N2O3. The first-order chi connectivity index (χ1) is 10.1. The van der Waals surface area contributed by atoms with Gasteiger partial charge in [-0.3, -0.25) is 9.88 Å². The molecule has 3 rings (SSSR count). The molecule has 1 aliphatic rings. The third-order valence-corrected chi connectivity index (χ3v) is 4.09. The summed E-state index contributed by atoms with van der Waals surface area (Å²) < 4.78 is 5.21. The van der Waals surface area contributed by atoms with Crippen molar-refractivity contribution < 1.29 is 14.6 Å². The molecular weight excluding hydrogens is 268 g/mol. The second-order valence-electron chi connectivity index (χ2n) is 5.22. The van der Waals surface area contributed by atoms with Crippen LogP contribution in [0.15, 0.2) is 18.2 Å². The van der Waals surface area contributed by atoms with Gasteiger partial charge in [-0.2, -0.15) is 0 Å². The molecule has 21 heavy (non-hydrogen) atoms. The number of nitrogens with zero attached hydrogens (tertiary/aromatic N) is 2. The predicted molar refractivity (Wildman–Crippen MR) is 79.9 cm³/mol. The number of likely N-dealkylation sites (N-methyl/N-ethyl adjacent to an activating group) is 1. The van der Waals surface area contributed by atoms with Crippen molar-refractivity contribution in [2.24, 2.45) is 0 Å². The lowest BCUT2D eigenvalue weighted by atomic mass is 9.95. The third-order valence-electron chi connectivity index (χ3n) is 4.09. The summed E-state index contributed by atoms with van der Waals surface area (Å²) in [5.41, 5.74) is 2.84. The topological polar surface area (TPSA) is 62.7 Å². The van der Waals surface area contributed by atoms with E-state index < -0.39 is 5.97 Å². The Morgan fingerprint density at radius 3 is 2.95 bits per heavy atom. The highest BCUT2D eigenvalue weighted by Crippen LogP contribution is 2.30. The van der Waals surface area contributed by atoms with Crippen LogP contribution < -0.4 is 4.74 Å². The zero-order chi connectivity index (χ0) is 15.0. The van der Waals surface area contributed by atoms with Gasteiger partial charge < -0.3 is 9.84 Å². The fraction of sp³-hybridized carbons (Fsp3) is 0.375. The van der Waals surface area contributed by atoms with Crippen LogP contribution in [0.1, 0.15) is 28.5 Å². The molecule has 1 N–H and O–H groups in total. The number of aromatic nitrogens is 1. The number of aromatic carboxylic acids is 1. The summed E-state index contributed by atoms with van der Waals surface area (Å²) in [7, 11) is 1.58. The summed E-state index contributed by atoms with van der Waals surface area (Å²) in [5, 5.41) is 10.3. The SMILES string of the molecule is CCN1CCc2nc3ccc(OC)cc3c(C(=O)O)c2C1. The average molecular weight is 286 g/mol. The van der Waals surface area contributed by atoms with Crippen molar-refractivity contribution in [3.63, 3.8) is 0 Å². The number of ether oxygens (including phenoxy) is 1. The maximum Gasteiger partial charge on any atom is 0.336 e. The van der Waals surface area contributed by atoms with Crippen molar-refractivity contribution in [1.82, 2.24) is 9.88 Å². The molecule has 0 atom stereocenters. The molecule has 1 aliphatic heterocycles. The molecule has 0 saturated carbocycles. The largest absolute Gasteiger partial charge is 0.497 e. The van der Waals surface area contributed by atoms with Crippen molar-refractivity contribution in [3.8, 4) is 5.75 Å². The van der Waals surface area contributed by atoms with Gasteiger partial charge in [-0.25, -0.2) is 4.79 Å². The number of carbonyl (C=O) groups is 1. The molecule has 0 saturated heterocycles. The molecule has 0 radical (unpaired) electrons. The molecule has 0 unspecified atom stereocenters. The lowest BCUT2D eigenvalue weighted by molar-refractivity contribution is 0.0695. The molecule has 5 heteroatoms. The van der Waals surface area contributed by atoms with Gasteiger partial charge in [0, 0.05) is 36.2 Å². The highest BCUT2D eigenvalue weighted by Gasteiger charge is 2.25. The monoisotopic (exact) mass is 286 g/mol. The number of methoxy groups -OCH3 is 1. The first kappa shape index (κ1) is 13.8. The van der Waals surface area contributed by atoms with Crippen LogP contribution in [0.4, 0.5) is 0 Å². The van der Waals surface area contributed by atoms with Crippen molar-refractivity contribution in [2.75, 3.05) is 20.2 Å². The van der Waals surface area contributed by atoms with E-state index in [-0.39, 0.29) is 0 Å². The quantitative estimate of drug-likeness (QED) is 0.938. The average Bonchev–Trinajstić information content (AvgIpc) is 2.51. The minimum absolute atomic E-state index is 0.368. The van der Waals surface area contributed by atoms with E-state index >= 15 is 0 Å². The Hall–Kier alpha value is -2.14.